The third-order valence-electron chi connectivity index (χ3n) is 10.4. The highest BCUT2D eigenvalue weighted by Crippen LogP contribution is 2.18. The first kappa shape index (κ1) is 54.9. The Hall–Kier alpha value is -3.15. The first-order valence-corrected chi connectivity index (χ1v) is 24.1. The van der Waals surface area contributed by atoms with E-state index < -0.39 is 5.97 Å². The maximum absolute atomic E-state index is 12.8. The molecule has 0 saturated heterocycles. The summed E-state index contributed by atoms with van der Waals surface area (Å²) in [5.74, 6) is -1.26. The van der Waals surface area contributed by atoms with Crippen LogP contribution in [0.2, 0.25) is 0 Å². The van der Waals surface area contributed by atoms with Gasteiger partial charge in [0.15, 0.2) is 0 Å². The number of carboxylic acid groups (broad SMARTS) is 1. The van der Waals surface area contributed by atoms with Gasteiger partial charge in [-0.1, -0.05) is 183 Å². The standard InChI is InChI=1S/C52H89NO5/c1-3-5-7-9-11-13-15-17-18-19-20-21-22-23-24-25-26-28-30-32-34-39-43-47-52(57)58-49(45-41-37-35-38-42-46-50(54)53-48-51(55)56)44-40-36-33-31-29-27-16-14-12-10-8-6-4-2/h5,7,11,13,17-18,20-21,23-24,31,33,49H,3-4,6,8-10,12,14-16,19,22,25-30,32,34-48H2,1-2H3,(H,53,54)(H,55,56)/b7-5-,13-11-,18-17-,21-20-,24-23-,33-31-. The van der Waals surface area contributed by atoms with Gasteiger partial charge in [-0.2, -0.15) is 0 Å². The molecule has 0 aliphatic carbocycles. The monoisotopic (exact) mass is 808 g/mol. The van der Waals surface area contributed by atoms with Crippen LogP contribution in [-0.4, -0.2) is 35.6 Å². The van der Waals surface area contributed by atoms with Gasteiger partial charge < -0.3 is 15.2 Å². The van der Waals surface area contributed by atoms with E-state index in [1.54, 1.807) is 0 Å². The van der Waals surface area contributed by atoms with E-state index in [0.29, 0.717) is 12.8 Å². The predicted molar refractivity (Wildman–Crippen MR) is 249 cm³/mol. The van der Waals surface area contributed by atoms with Crippen molar-refractivity contribution in [3.63, 3.8) is 0 Å². The van der Waals surface area contributed by atoms with Crippen molar-refractivity contribution >= 4 is 17.8 Å². The SMILES string of the molecule is CC/C=C\C/C=C\C/C=C\C/C=C\C/C=C\CCCCCCCCCC(=O)OC(CCC/C=C\CCCCCCCCCC)CCCCCCCC(=O)NCC(=O)O. The summed E-state index contributed by atoms with van der Waals surface area (Å²) in [4.78, 5) is 35.1. The van der Waals surface area contributed by atoms with Crippen LogP contribution in [0.4, 0.5) is 0 Å². The molecule has 0 aliphatic rings. The summed E-state index contributed by atoms with van der Waals surface area (Å²) in [5, 5.41) is 11.1. The molecular weight excluding hydrogens is 719 g/mol. The highest BCUT2D eigenvalue weighted by molar-refractivity contribution is 5.80. The number of amides is 1. The number of nitrogens with one attached hydrogen (secondary N) is 1. The number of rotatable bonds is 43. The van der Waals surface area contributed by atoms with Crippen molar-refractivity contribution in [1.29, 1.82) is 0 Å². The van der Waals surface area contributed by atoms with Crippen LogP contribution < -0.4 is 5.32 Å². The van der Waals surface area contributed by atoms with Gasteiger partial charge in [-0.15, -0.1) is 0 Å². The topological polar surface area (TPSA) is 92.7 Å². The molecule has 6 heteroatoms. The second-order valence-corrected chi connectivity index (χ2v) is 16.0. The lowest BCUT2D eigenvalue weighted by atomic mass is 10.0. The smallest absolute Gasteiger partial charge is 0.322 e. The number of carbonyl (C=O) groups excluding carboxylic acids is 2. The van der Waals surface area contributed by atoms with Gasteiger partial charge in [-0.25, -0.2) is 0 Å². The van der Waals surface area contributed by atoms with E-state index in [1.165, 1.54) is 89.9 Å². The van der Waals surface area contributed by atoms with Gasteiger partial charge in [0, 0.05) is 12.8 Å². The van der Waals surface area contributed by atoms with Gasteiger partial charge in [0.25, 0.3) is 0 Å². The van der Waals surface area contributed by atoms with Gasteiger partial charge in [0.1, 0.15) is 12.6 Å². The van der Waals surface area contributed by atoms with E-state index in [1.807, 2.05) is 0 Å². The number of esters is 1. The minimum atomic E-state index is -1.02. The number of allylic oxidation sites excluding steroid dienone is 12. The quantitative estimate of drug-likeness (QED) is 0.0364. The number of carbonyl (C=O) groups is 3. The van der Waals surface area contributed by atoms with Crippen molar-refractivity contribution in [2.45, 2.75) is 232 Å². The van der Waals surface area contributed by atoms with E-state index in [9.17, 15) is 14.4 Å². The summed E-state index contributed by atoms with van der Waals surface area (Å²) >= 11 is 0. The lowest BCUT2D eigenvalue weighted by Crippen LogP contribution is -2.28. The molecule has 0 aromatic rings. The molecule has 0 aliphatic heterocycles. The molecule has 0 saturated carbocycles. The number of carboxylic acids is 1. The van der Waals surface area contributed by atoms with Crippen LogP contribution in [0.25, 0.3) is 0 Å². The third-order valence-corrected chi connectivity index (χ3v) is 10.4. The summed E-state index contributed by atoms with van der Waals surface area (Å²) in [6, 6.07) is 0. The Balaban J connectivity index is 4.16. The Bertz CT molecular complexity index is 1120. The molecule has 0 rings (SSSR count). The largest absolute Gasteiger partial charge is 0.480 e. The van der Waals surface area contributed by atoms with Crippen LogP contribution in [-0.2, 0) is 19.1 Å². The second kappa shape index (κ2) is 46.5. The second-order valence-electron chi connectivity index (χ2n) is 16.0. The van der Waals surface area contributed by atoms with Crippen LogP contribution in [0.5, 0.6) is 0 Å². The zero-order valence-corrected chi connectivity index (χ0v) is 37.6. The number of unbranched alkanes of at least 4 members (excludes halogenated alkanes) is 20. The van der Waals surface area contributed by atoms with Crippen LogP contribution in [0.3, 0.4) is 0 Å². The summed E-state index contributed by atoms with van der Waals surface area (Å²) in [7, 11) is 0. The van der Waals surface area contributed by atoms with Crippen LogP contribution in [0.1, 0.15) is 226 Å². The molecule has 332 valence electrons. The summed E-state index contributed by atoms with van der Waals surface area (Å²) in [6.45, 7) is 4.11. The fraction of sp³-hybridized carbons (Fsp3) is 0.712. The van der Waals surface area contributed by atoms with Crippen LogP contribution in [0.15, 0.2) is 72.9 Å². The molecule has 1 amide bonds. The molecule has 6 nitrogen and oxygen atoms in total. The van der Waals surface area contributed by atoms with Crippen molar-refractivity contribution in [2.75, 3.05) is 6.54 Å². The fourth-order valence-corrected chi connectivity index (χ4v) is 6.84. The average Bonchev–Trinajstić information content (AvgIpc) is 3.21. The maximum atomic E-state index is 12.8. The van der Waals surface area contributed by atoms with Crippen LogP contribution >= 0.6 is 0 Å². The lowest BCUT2D eigenvalue weighted by molar-refractivity contribution is -0.150. The van der Waals surface area contributed by atoms with Crippen molar-refractivity contribution in [1.82, 2.24) is 5.32 Å². The Morgan fingerprint density at radius 3 is 1.38 bits per heavy atom. The van der Waals surface area contributed by atoms with Crippen molar-refractivity contribution < 1.29 is 24.2 Å². The fourth-order valence-electron chi connectivity index (χ4n) is 6.84. The molecule has 2 N–H and O–H groups in total. The molecule has 0 heterocycles. The number of aliphatic carboxylic acids is 1. The average molecular weight is 808 g/mol. The lowest BCUT2D eigenvalue weighted by Gasteiger charge is -2.18. The minimum absolute atomic E-state index is 0.0154. The molecular formula is C52H89NO5. The van der Waals surface area contributed by atoms with E-state index in [2.05, 4.69) is 92.1 Å². The molecule has 1 unspecified atom stereocenters. The molecule has 58 heavy (non-hydrogen) atoms. The first-order chi connectivity index (χ1) is 28.5. The molecule has 0 aromatic heterocycles. The molecule has 0 fully saturated rings. The van der Waals surface area contributed by atoms with Gasteiger partial charge in [0.05, 0.1) is 0 Å². The molecule has 0 aromatic carbocycles. The van der Waals surface area contributed by atoms with E-state index in [4.69, 9.17) is 9.84 Å². The maximum Gasteiger partial charge on any atom is 0.322 e. The normalized spacial score (nSPS) is 12.7. The summed E-state index contributed by atoms with van der Waals surface area (Å²) in [5.41, 5.74) is 0. The van der Waals surface area contributed by atoms with Crippen molar-refractivity contribution in [2.24, 2.45) is 0 Å². The minimum Gasteiger partial charge on any atom is -0.480 e. The Kier molecular flexibility index (Phi) is 44.0. The predicted octanol–water partition coefficient (Wildman–Crippen LogP) is 15.3. The Labute approximate surface area is 357 Å². The number of hydrogen-bond donors (Lipinski definition) is 2. The zero-order chi connectivity index (χ0) is 42.3. The summed E-state index contributed by atoms with van der Waals surface area (Å²) in [6.07, 6.45) is 63.2. The zero-order valence-electron chi connectivity index (χ0n) is 37.6. The van der Waals surface area contributed by atoms with Gasteiger partial charge >= 0.3 is 11.9 Å². The highest BCUT2D eigenvalue weighted by atomic mass is 16.5. The Morgan fingerprint density at radius 2 is 0.862 bits per heavy atom. The van der Waals surface area contributed by atoms with E-state index >= 15 is 0 Å². The van der Waals surface area contributed by atoms with Crippen molar-refractivity contribution in [3.05, 3.63) is 72.9 Å². The molecule has 0 bridgehead atoms. The third kappa shape index (κ3) is 45.6. The van der Waals surface area contributed by atoms with Crippen LogP contribution in [0, 0.1) is 0 Å². The number of ether oxygens (including phenoxy) is 1. The Morgan fingerprint density at radius 1 is 0.466 bits per heavy atom. The number of hydrogen-bond acceptors (Lipinski definition) is 4. The molecule has 0 radical (unpaired) electrons. The highest BCUT2D eigenvalue weighted by Gasteiger charge is 2.14. The van der Waals surface area contributed by atoms with Gasteiger partial charge in [-0.3, -0.25) is 14.4 Å². The van der Waals surface area contributed by atoms with Crippen molar-refractivity contribution in [3.8, 4) is 0 Å². The van der Waals surface area contributed by atoms with E-state index in [0.717, 1.165) is 109 Å². The van der Waals surface area contributed by atoms with E-state index in [-0.39, 0.29) is 24.5 Å². The molecule has 0 spiro atoms. The van der Waals surface area contributed by atoms with Gasteiger partial charge in [0.2, 0.25) is 5.91 Å². The molecule has 1 atom stereocenters. The van der Waals surface area contributed by atoms with Gasteiger partial charge in [-0.05, 0) is 103 Å². The first-order valence-electron chi connectivity index (χ1n) is 24.1. The summed E-state index contributed by atoms with van der Waals surface area (Å²) < 4.78 is 6.03.